The predicted octanol–water partition coefficient (Wildman–Crippen LogP) is 3.84. The molecular formula is C21H23N3O3. The normalized spacial score (nSPS) is 11.2. The van der Waals surface area contributed by atoms with E-state index in [2.05, 4.69) is 36.3 Å². The van der Waals surface area contributed by atoms with Gasteiger partial charge in [-0.15, -0.1) is 10.2 Å². The fourth-order valence-electron chi connectivity index (χ4n) is 2.50. The predicted molar refractivity (Wildman–Crippen MR) is 103 cm³/mol. The van der Waals surface area contributed by atoms with Gasteiger partial charge in [0.25, 0.3) is 5.91 Å². The molecule has 0 atom stereocenters. The number of furan rings is 1. The number of nitrogens with one attached hydrogen (secondary N) is 1. The lowest BCUT2D eigenvalue weighted by Gasteiger charge is -2.19. The van der Waals surface area contributed by atoms with E-state index in [0.29, 0.717) is 36.0 Å². The minimum Gasteiger partial charge on any atom is -0.475 e. The van der Waals surface area contributed by atoms with Crippen LogP contribution in [0, 0.1) is 0 Å². The molecule has 1 aromatic carbocycles. The molecule has 0 radical (unpaired) electrons. The smallest absolute Gasteiger partial charge is 0.251 e. The number of hydrogen-bond acceptors (Lipinski definition) is 5. The third kappa shape index (κ3) is 4.94. The molecule has 0 unspecified atom stereocenters. The van der Waals surface area contributed by atoms with Crippen LogP contribution in [0.15, 0.2) is 59.2 Å². The van der Waals surface area contributed by atoms with Gasteiger partial charge in [-0.2, -0.15) is 0 Å². The first kappa shape index (κ1) is 18.6. The Morgan fingerprint density at radius 2 is 1.85 bits per heavy atom. The van der Waals surface area contributed by atoms with Crippen LogP contribution in [0.3, 0.4) is 0 Å². The van der Waals surface area contributed by atoms with Crippen LogP contribution in [0.4, 0.5) is 0 Å². The number of rotatable bonds is 6. The van der Waals surface area contributed by atoms with E-state index >= 15 is 0 Å². The summed E-state index contributed by atoms with van der Waals surface area (Å²) in [7, 11) is 0. The van der Waals surface area contributed by atoms with Gasteiger partial charge in [0, 0.05) is 11.6 Å². The number of amides is 1. The number of benzene rings is 1. The quantitative estimate of drug-likeness (QED) is 0.672. The second-order valence-electron chi connectivity index (χ2n) is 7.17. The van der Waals surface area contributed by atoms with Crippen molar-refractivity contribution < 1.29 is 13.9 Å². The van der Waals surface area contributed by atoms with Crippen LogP contribution < -0.4 is 10.1 Å². The second-order valence-corrected chi connectivity index (χ2v) is 7.17. The van der Waals surface area contributed by atoms with Crippen molar-refractivity contribution in [1.29, 1.82) is 0 Å². The molecule has 2 heterocycles. The van der Waals surface area contributed by atoms with E-state index in [1.807, 2.05) is 30.3 Å². The van der Waals surface area contributed by atoms with Crippen LogP contribution in [0.5, 0.6) is 5.88 Å². The Kier molecular flexibility index (Phi) is 5.54. The van der Waals surface area contributed by atoms with Crippen LogP contribution >= 0.6 is 0 Å². The molecule has 2 aromatic heterocycles. The molecule has 1 N–H and O–H groups in total. The Morgan fingerprint density at radius 1 is 1.07 bits per heavy atom. The molecule has 6 heteroatoms. The van der Waals surface area contributed by atoms with Gasteiger partial charge in [0.2, 0.25) is 5.88 Å². The van der Waals surface area contributed by atoms with Gasteiger partial charge >= 0.3 is 0 Å². The van der Waals surface area contributed by atoms with Crippen molar-refractivity contribution in [2.45, 2.75) is 26.2 Å². The molecule has 0 fully saturated rings. The Bertz CT molecular complexity index is 865. The van der Waals surface area contributed by atoms with Gasteiger partial charge in [-0.1, -0.05) is 32.9 Å². The van der Waals surface area contributed by atoms with Crippen LogP contribution in [0.25, 0.3) is 11.5 Å². The van der Waals surface area contributed by atoms with Crippen molar-refractivity contribution in [3.05, 3.63) is 65.9 Å². The zero-order valence-electron chi connectivity index (χ0n) is 15.7. The number of nitrogens with zero attached hydrogens (tertiary/aromatic N) is 2. The van der Waals surface area contributed by atoms with Gasteiger partial charge in [0.05, 0.1) is 12.8 Å². The van der Waals surface area contributed by atoms with Crippen molar-refractivity contribution >= 4 is 5.91 Å². The topological polar surface area (TPSA) is 77.2 Å². The Morgan fingerprint density at radius 3 is 2.44 bits per heavy atom. The van der Waals surface area contributed by atoms with E-state index < -0.39 is 0 Å². The van der Waals surface area contributed by atoms with E-state index in [0.717, 1.165) is 0 Å². The summed E-state index contributed by atoms with van der Waals surface area (Å²) < 4.78 is 10.8. The highest BCUT2D eigenvalue weighted by Gasteiger charge is 2.14. The average Bonchev–Trinajstić information content (AvgIpc) is 3.20. The van der Waals surface area contributed by atoms with Gasteiger partial charge in [0.15, 0.2) is 5.76 Å². The van der Waals surface area contributed by atoms with Gasteiger partial charge < -0.3 is 14.5 Å². The lowest BCUT2D eigenvalue weighted by Crippen LogP contribution is -2.28. The Hall–Kier alpha value is -3.15. The monoisotopic (exact) mass is 365 g/mol. The third-order valence-corrected chi connectivity index (χ3v) is 4.06. The standard InChI is InChI=1S/C21H23N3O3/c1-21(2,3)16-8-6-15(7-9-16)20(25)22-12-14-27-19-11-10-17(23-24-19)18-5-4-13-26-18/h4-11,13H,12,14H2,1-3H3,(H,22,25). The zero-order valence-corrected chi connectivity index (χ0v) is 15.7. The fourth-order valence-corrected chi connectivity index (χ4v) is 2.50. The molecule has 0 aliphatic carbocycles. The summed E-state index contributed by atoms with van der Waals surface area (Å²) in [5.41, 5.74) is 2.53. The number of carbonyl (C=O) groups is 1. The summed E-state index contributed by atoms with van der Waals surface area (Å²) in [5.74, 6) is 0.922. The summed E-state index contributed by atoms with van der Waals surface area (Å²) in [5, 5.41) is 10.9. The first-order valence-electron chi connectivity index (χ1n) is 8.82. The Balaban J connectivity index is 1.45. The third-order valence-electron chi connectivity index (χ3n) is 4.06. The van der Waals surface area contributed by atoms with E-state index in [9.17, 15) is 4.79 Å². The minimum atomic E-state index is -0.127. The van der Waals surface area contributed by atoms with Crippen molar-refractivity contribution in [2.75, 3.05) is 13.2 Å². The van der Waals surface area contributed by atoms with E-state index in [1.54, 1.807) is 24.5 Å². The maximum atomic E-state index is 12.2. The van der Waals surface area contributed by atoms with E-state index in [4.69, 9.17) is 9.15 Å². The fraction of sp³-hybridized carbons (Fsp3) is 0.286. The number of hydrogen-bond donors (Lipinski definition) is 1. The van der Waals surface area contributed by atoms with Gasteiger partial charge in [-0.3, -0.25) is 4.79 Å². The highest BCUT2D eigenvalue weighted by Crippen LogP contribution is 2.22. The van der Waals surface area contributed by atoms with Crippen molar-refractivity contribution in [3.63, 3.8) is 0 Å². The largest absolute Gasteiger partial charge is 0.475 e. The van der Waals surface area contributed by atoms with Crippen molar-refractivity contribution in [1.82, 2.24) is 15.5 Å². The molecule has 0 saturated heterocycles. The minimum absolute atomic E-state index is 0.0658. The number of carbonyl (C=O) groups excluding carboxylic acids is 1. The molecular weight excluding hydrogens is 342 g/mol. The maximum absolute atomic E-state index is 12.2. The zero-order chi connectivity index (χ0) is 19.3. The summed E-state index contributed by atoms with van der Waals surface area (Å²) >= 11 is 0. The molecule has 0 aliphatic heterocycles. The first-order chi connectivity index (χ1) is 12.9. The number of ether oxygens (including phenoxy) is 1. The first-order valence-corrected chi connectivity index (χ1v) is 8.82. The lowest BCUT2D eigenvalue weighted by atomic mass is 9.87. The molecule has 1 amide bonds. The molecule has 27 heavy (non-hydrogen) atoms. The highest BCUT2D eigenvalue weighted by molar-refractivity contribution is 5.94. The van der Waals surface area contributed by atoms with Gasteiger partial charge in [-0.05, 0) is 41.3 Å². The lowest BCUT2D eigenvalue weighted by molar-refractivity contribution is 0.0946. The molecule has 3 rings (SSSR count). The summed E-state index contributed by atoms with van der Waals surface area (Å²) in [6.07, 6.45) is 1.58. The van der Waals surface area contributed by atoms with Crippen LogP contribution in [-0.2, 0) is 5.41 Å². The van der Waals surface area contributed by atoms with Gasteiger partial charge in [0.1, 0.15) is 12.3 Å². The molecule has 0 aliphatic rings. The molecule has 0 spiro atoms. The summed E-state index contributed by atoms with van der Waals surface area (Å²) in [4.78, 5) is 12.2. The highest BCUT2D eigenvalue weighted by atomic mass is 16.5. The number of aromatic nitrogens is 2. The summed E-state index contributed by atoms with van der Waals surface area (Å²) in [6, 6.07) is 14.8. The van der Waals surface area contributed by atoms with Crippen molar-refractivity contribution in [2.24, 2.45) is 0 Å². The van der Waals surface area contributed by atoms with Gasteiger partial charge in [-0.25, -0.2) is 0 Å². The van der Waals surface area contributed by atoms with Crippen molar-refractivity contribution in [3.8, 4) is 17.3 Å². The molecule has 140 valence electrons. The summed E-state index contributed by atoms with van der Waals surface area (Å²) in [6.45, 7) is 7.11. The average molecular weight is 365 g/mol. The molecule has 0 bridgehead atoms. The molecule has 6 nitrogen and oxygen atoms in total. The Labute approximate surface area is 158 Å². The SMILES string of the molecule is CC(C)(C)c1ccc(C(=O)NCCOc2ccc(-c3ccco3)nn2)cc1. The van der Waals surface area contributed by atoms with Crippen LogP contribution in [-0.4, -0.2) is 29.3 Å². The van der Waals surface area contributed by atoms with Crippen LogP contribution in [0.1, 0.15) is 36.7 Å². The maximum Gasteiger partial charge on any atom is 0.251 e. The van der Waals surface area contributed by atoms with Crippen LogP contribution in [0.2, 0.25) is 0 Å². The second kappa shape index (κ2) is 8.03. The molecule has 0 saturated carbocycles. The van der Waals surface area contributed by atoms with E-state index in [-0.39, 0.29) is 11.3 Å². The van der Waals surface area contributed by atoms with E-state index in [1.165, 1.54) is 5.56 Å². The molecule has 3 aromatic rings.